The Kier molecular flexibility index (Phi) is 1.89. The van der Waals surface area contributed by atoms with Crippen LogP contribution in [-0.2, 0) is 5.33 Å². The van der Waals surface area contributed by atoms with Crippen LogP contribution in [0.1, 0.15) is 11.4 Å². The second-order valence-corrected chi connectivity index (χ2v) is 3.35. The highest BCUT2D eigenvalue weighted by Crippen LogP contribution is 2.16. The van der Waals surface area contributed by atoms with E-state index in [9.17, 15) is 0 Å². The van der Waals surface area contributed by atoms with E-state index in [0.717, 1.165) is 22.2 Å². The minimum Gasteiger partial charge on any atom is -0.341 e. The third-order valence-corrected chi connectivity index (χ3v) is 2.42. The highest BCUT2D eigenvalue weighted by atomic mass is 79.9. The molecule has 2 nitrogen and oxygen atoms in total. The maximum atomic E-state index is 4.43. The fraction of sp³-hybridized carbons (Fsp3) is 0.222. The normalized spacial score (nSPS) is 10.8. The zero-order valence-electron chi connectivity index (χ0n) is 6.76. The topological polar surface area (TPSA) is 28.7 Å². The molecule has 0 aliphatic carbocycles. The van der Waals surface area contributed by atoms with Gasteiger partial charge >= 0.3 is 0 Å². The number of fused-ring (bicyclic) bond motifs is 1. The molecule has 62 valence electrons. The van der Waals surface area contributed by atoms with Gasteiger partial charge in [0.25, 0.3) is 0 Å². The SMILES string of the molecule is Cc1cccc2[nH]c(CBr)nc12. The average Bonchev–Trinajstić information content (AvgIpc) is 2.49. The van der Waals surface area contributed by atoms with Gasteiger partial charge in [0.1, 0.15) is 5.82 Å². The number of rotatable bonds is 1. The van der Waals surface area contributed by atoms with Gasteiger partial charge in [-0.3, -0.25) is 0 Å². The van der Waals surface area contributed by atoms with Crippen LogP contribution in [0.2, 0.25) is 0 Å². The summed E-state index contributed by atoms with van der Waals surface area (Å²) in [5.41, 5.74) is 3.41. The predicted octanol–water partition coefficient (Wildman–Crippen LogP) is 2.77. The summed E-state index contributed by atoms with van der Waals surface area (Å²) in [6, 6.07) is 6.15. The van der Waals surface area contributed by atoms with Crippen molar-refractivity contribution in [1.29, 1.82) is 0 Å². The van der Waals surface area contributed by atoms with Crippen LogP contribution in [0.3, 0.4) is 0 Å². The molecule has 0 saturated carbocycles. The Balaban J connectivity index is 2.74. The van der Waals surface area contributed by atoms with Crippen LogP contribution >= 0.6 is 15.9 Å². The molecule has 1 heterocycles. The van der Waals surface area contributed by atoms with Gasteiger partial charge in [0, 0.05) is 0 Å². The van der Waals surface area contributed by atoms with Crippen LogP contribution in [0, 0.1) is 6.92 Å². The van der Waals surface area contributed by atoms with Gasteiger partial charge in [-0.25, -0.2) is 4.98 Å². The number of aromatic nitrogens is 2. The highest BCUT2D eigenvalue weighted by molar-refractivity contribution is 9.08. The lowest BCUT2D eigenvalue weighted by Crippen LogP contribution is -1.77. The van der Waals surface area contributed by atoms with Gasteiger partial charge < -0.3 is 4.98 Å². The van der Waals surface area contributed by atoms with Crippen LogP contribution in [0.4, 0.5) is 0 Å². The quantitative estimate of drug-likeness (QED) is 0.742. The van der Waals surface area contributed by atoms with E-state index in [-0.39, 0.29) is 0 Å². The Hall–Kier alpha value is -0.830. The van der Waals surface area contributed by atoms with Gasteiger partial charge in [-0.05, 0) is 18.6 Å². The number of nitrogens with zero attached hydrogens (tertiary/aromatic N) is 1. The Bertz CT molecular complexity index is 406. The predicted molar refractivity (Wildman–Crippen MR) is 53.5 cm³/mol. The lowest BCUT2D eigenvalue weighted by Gasteiger charge is -1.90. The van der Waals surface area contributed by atoms with E-state index in [2.05, 4.69) is 38.9 Å². The van der Waals surface area contributed by atoms with Crippen LogP contribution in [0.5, 0.6) is 0 Å². The molecule has 2 aromatic rings. The molecule has 0 aliphatic heterocycles. The minimum absolute atomic E-state index is 0.779. The Morgan fingerprint density at radius 1 is 1.50 bits per heavy atom. The monoisotopic (exact) mass is 224 g/mol. The zero-order valence-corrected chi connectivity index (χ0v) is 8.35. The van der Waals surface area contributed by atoms with Crippen molar-refractivity contribution >= 4 is 27.0 Å². The molecule has 0 bridgehead atoms. The van der Waals surface area contributed by atoms with Crippen molar-refractivity contribution < 1.29 is 0 Å². The molecule has 12 heavy (non-hydrogen) atoms. The number of aromatic amines is 1. The van der Waals surface area contributed by atoms with Crippen molar-refractivity contribution in [2.24, 2.45) is 0 Å². The van der Waals surface area contributed by atoms with Crippen LogP contribution < -0.4 is 0 Å². The van der Waals surface area contributed by atoms with E-state index < -0.39 is 0 Å². The summed E-state index contributed by atoms with van der Waals surface area (Å²) in [5, 5.41) is 0.779. The standard InChI is InChI=1S/C9H9BrN2/c1-6-3-2-4-7-9(6)12-8(5-10)11-7/h2-4H,5H2,1H3,(H,11,12). The molecule has 0 saturated heterocycles. The third-order valence-electron chi connectivity index (χ3n) is 1.89. The first kappa shape index (κ1) is 7.80. The van der Waals surface area contributed by atoms with Gasteiger partial charge in [0.2, 0.25) is 0 Å². The van der Waals surface area contributed by atoms with Gasteiger partial charge in [0.05, 0.1) is 16.4 Å². The molecular formula is C9H9BrN2. The van der Waals surface area contributed by atoms with Crippen molar-refractivity contribution in [3.63, 3.8) is 0 Å². The molecule has 0 fully saturated rings. The molecule has 1 aromatic heterocycles. The molecule has 0 unspecified atom stereocenters. The molecule has 0 aliphatic rings. The number of benzene rings is 1. The number of hydrogen-bond donors (Lipinski definition) is 1. The highest BCUT2D eigenvalue weighted by Gasteiger charge is 2.02. The van der Waals surface area contributed by atoms with Gasteiger partial charge in [0.15, 0.2) is 0 Å². The number of alkyl halides is 1. The van der Waals surface area contributed by atoms with Crippen molar-refractivity contribution in [1.82, 2.24) is 9.97 Å². The van der Waals surface area contributed by atoms with Gasteiger partial charge in [-0.1, -0.05) is 28.1 Å². The molecule has 3 heteroatoms. The van der Waals surface area contributed by atoms with E-state index >= 15 is 0 Å². The summed E-state index contributed by atoms with van der Waals surface area (Å²) in [6.45, 7) is 2.07. The minimum atomic E-state index is 0.779. The third kappa shape index (κ3) is 1.14. The summed E-state index contributed by atoms with van der Waals surface area (Å²) < 4.78 is 0. The molecule has 2 rings (SSSR count). The molecule has 0 spiro atoms. The molecule has 0 atom stereocenters. The van der Waals surface area contributed by atoms with E-state index in [1.165, 1.54) is 5.56 Å². The van der Waals surface area contributed by atoms with Gasteiger partial charge in [-0.2, -0.15) is 0 Å². The lowest BCUT2D eigenvalue weighted by atomic mass is 10.2. The van der Waals surface area contributed by atoms with Crippen LogP contribution in [0.15, 0.2) is 18.2 Å². The number of imidazole rings is 1. The summed E-state index contributed by atoms with van der Waals surface area (Å²) >= 11 is 3.37. The first-order valence-corrected chi connectivity index (χ1v) is 4.93. The fourth-order valence-corrected chi connectivity index (χ4v) is 1.56. The average molecular weight is 225 g/mol. The molecular weight excluding hydrogens is 216 g/mol. The van der Waals surface area contributed by atoms with E-state index in [1.807, 2.05) is 12.1 Å². The molecule has 1 N–H and O–H groups in total. The number of aryl methyl sites for hydroxylation is 1. The summed E-state index contributed by atoms with van der Waals surface area (Å²) in [5.74, 6) is 0.985. The Morgan fingerprint density at radius 2 is 2.33 bits per heavy atom. The number of nitrogens with one attached hydrogen (secondary N) is 1. The van der Waals surface area contributed by atoms with E-state index in [4.69, 9.17) is 0 Å². The van der Waals surface area contributed by atoms with Crippen LogP contribution in [-0.4, -0.2) is 9.97 Å². The van der Waals surface area contributed by atoms with Crippen LogP contribution in [0.25, 0.3) is 11.0 Å². The van der Waals surface area contributed by atoms with Crippen molar-refractivity contribution in [3.8, 4) is 0 Å². The number of halogens is 1. The maximum absolute atomic E-state index is 4.43. The largest absolute Gasteiger partial charge is 0.341 e. The summed E-state index contributed by atoms with van der Waals surface area (Å²) in [6.07, 6.45) is 0. The van der Waals surface area contributed by atoms with Crippen molar-refractivity contribution in [2.45, 2.75) is 12.3 Å². The molecule has 0 radical (unpaired) electrons. The first-order chi connectivity index (χ1) is 5.81. The number of para-hydroxylation sites is 1. The zero-order chi connectivity index (χ0) is 8.55. The van der Waals surface area contributed by atoms with Gasteiger partial charge in [-0.15, -0.1) is 0 Å². The fourth-order valence-electron chi connectivity index (χ4n) is 1.29. The summed E-state index contributed by atoms with van der Waals surface area (Å²) in [7, 11) is 0. The molecule has 0 amide bonds. The number of hydrogen-bond acceptors (Lipinski definition) is 1. The van der Waals surface area contributed by atoms with Crippen molar-refractivity contribution in [2.75, 3.05) is 0 Å². The maximum Gasteiger partial charge on any atom is 0.117 e. The molecule has 1 aromatic carbocycles. The Labute approximate surface area is 79.1 Å². The second-order valence-electron chi connectivity index (χ2n) is 2.79. The lowest BCUT2D eigenvalue weighted by molar-refractivity contribution is 1.15. The van der Waals surface area contributed by atoms with E-state index in [0.29, 0.717) is 0 Å². The first-order valence-electron chi connectivity index (χ1n) is 3.81. The Morgan fingerprint density at radius 3 is 3.00 bits per heavy atom. The smallest absolute Gasteiger partial charge is 0.117 e. The number of H-pyrrole nitrogens is 1. The van der Waals surface area contributed by atoms with E-state index in [1.54, 1.807) is 0 Å². The van der Waals surface area contributed by atoms with Crippen molar-refractivity contribution in [3.05, 3.63) is 29.6 Å². The second kappa shape index (κ2) is 2.90. The summed E-state index contributed by atoms with van der Waals surface area (Å²) in [4.78, 5) is 7.66.